The van der Waals surface area contributed by atoms with Crippen LogP contribution in [0.3, 0.4) is 0 Å². The molecule has 0 aliphatic heterocycles. The summed E-state index contributed by atoms with van der Waals surface area (Å²) in [5.74, 6) is -0.260. The molecule has 0 saturated carbocycles. The van der Waals surface area contributed by atoms with Gasteiger partial charge in [-0.05, 0) is 56.2 Å². The molecule has 0 unspecified atom stereocenters. The molecule has 0 heterocycles. The van der Waals surface area contributed by atoms with Crippen molar-refractivity contribution in [2.75, 3.05) is 25.1 Å². The molecule has 0 fully saturated rings. The van der Waals surface area contributed by atoms with Crippen LogP contribution in [0, 0.1) is 0 Å². The number of nitrogens with one attached hydrogen (secondary N) is 1. The Morgan fingerprint density at radius 3 is 2.17 bits per heavy atom. The maximum atomic E-state index is 14.0. The van der Waals surface area contributed by atoms with Crippen LogP contribution in [-0.4, -0.2) is 58.0 Å². The van der Waals surface area contributed by atoms with E-state index in [0.717, 1.165) is 4.31 Å². The first-order valence-corrected chi connectivity index (χ1v) is 15.0. The van der Waals surface area contributed by atoms with Crippen molar-refractivity contribution in [3.05, 3.63) is 83.4 Å². The molecule has 0 aliphatic rings. The number of hydrogen-bond donors (Lipinski definition) is 1. The van der Waals surface area contributed by atoms with Crippen LogP contribution in [0.5, 0.6) is 11.5 Å². The number of amides is 2. The maximum Gasteiger partial charge on any atom is 0.264 e. The average molecular weight is 602 g/mol. The van der Waals surface area contributed by atoms with E-state index < -0.39 is 28.5 Å². The lowest BCUT2D eigenvalue weighted by molar-refractivity contribution is -0.139. The Balaban J connectivity index is 2.08. The highest BCUT2D eigenvalue weighted by Crippen LogP contribution is 2.34. The van der Waals surface area contributed by atoms with Crippen molar-refractivity contribution in [3.63, 3.8) is 0 Å². The molecule has 0 aromatic heterocycles. The SMILES string of the molecule is CC[C@@H](C)NC(=O)[C@@H](C)N(Cc1ccccc1Cl)C(=O)CN(c1ccc(OC)c(OC)c1)S(=O)(=O)c1ccccc1. The monoisotopic (exact) mass is 601 g/mol. The number of carbonyl (C=O) groups excluding carboxylic acids is 2. The van der Waals surface area contributed by atoms with Crippen LogP contribution < -0.4 is 19.1 Å². The normalized spacial score (nSPS) is 12.6. The molecule has 220 valence electrons. The molecular weight excluding hydrogens is 566 g/mol. The van der Waals surface area contributed by atoms with Gasteiger partial charge in [-0.15, -0.1) is 0 Å². The van der Waals surface area contributed by atoms with Gasteiger partial charge in [0, 0.05) is 23.7 Å². The number of carbonyl (C=O) groups is 2. The summed E-state index contributed by atoms with van der Waals surface area (Å²) in [5, 5.41) is 3.33. The van der Waals surface area contributed by atoms with Gasteiger partial charge in [0.25, 0.3) is 10.0 Å². The van der Waals surface area contributed by atoms with E-state index in [4.69, 9.17) is 21.1 Å². The van der Waals surface area contributed by atoms with Crippen LogP contribution in [0.15, 0.2) is 77.7 Å². The van der Waals surface area contributed by atoms with E-state index in [-0.39, 0.29) is 29.1 Å². The number of nitrogens with zero attached hydrogens (tertiary/aromatic N) is 2. The van der Waals surface area contributed by atoms with Gasteiger partial charge in [-0.3, -0.25) is 13.9 Å². The first kappa shape index (κ1) is 31.8. The maximum absolute atomic E-state index is 14.0. The van der Waals surface area contributed by atoms with E-state index in [0.29, 0.717) is 28.5 Å². The quantitative estimate of drug-likeness (QED) is 0.299. The van der Waals surface area contributed by atoms with E-state index in [9.17, 15) is 18.0 Å². The highest BCUT2D eigenvalue weighted by atomic mass is 35.5. The Morgan fingerprint density at radius 2 is 1.56 bits per heavy atom. The number of ether oxygens (including phenoxy) is 2. The van der Waals surface area contributed by atoms with Gasteiger partial charge in [0.15, 0.2) is 11.5 Å². The van der Waals surface area contributed by atoms with Crippen molar-refractivity contribution < 1.29 is 27.5 Å². The highest BCUT2D eigenvalue weighted by molar-refractivity contribution is 7.92. The number of benzene rings is 3. The van der Waals surface area contributed by atoms with Crippen LogP contribution in [0.2, 0.25) is 5.02 Å². The molecule has 1 N–H and O–H groups in total. The molecule has 3 aromatic carbocycles. The largest absolute Gasteiger partial charge is 0.493 e. The lowest BCUT2D eigenvalue weighted by atomic mass is 10.1. The molecule has 3 aromatic rings. The summed E-state index contributed by atoms with van der Waals surface area (Å²) >= 11 is 6.41. The molecule has 0 aliphatic carbocycles. The Labute approximate surface area is 247 Å². The second-order valence-electron chi connectivity index (χ2n) is 9.47. The number of sulfonamides is 1. The summed E-state index contributed by atoms with van der Waals surface area (Å²) in [6, 6.07) is 18.4. The predicted molar refractivity (Wildman–Crippen MR) is 160 cm³/mol. The molecule has 0 saturated heterocycles. The third-order valence-electron chi connectivity index (χ3n) is 6.73. The second kappa shape index (κ2) is 14.2. The number of hydrogen-bond acceptors (Lipinski definition) is 6. The third-order valence-corrected chi connectivity index (χ3v) is 8.89. The van der Waals surface area contributed by atoms with Gasteiger partial charge >= 0.3 is 0 Å². The van der Waals surface area contributed by atoms with Crippen molar-refractivity contribution in [2.45, 2.75) is 50.7 Å². The fourth-order valence-corrected chi connectivity index (χ4v) is 5.71. The lowest BCUT2D eigenvalue weighted by Gasteiger charge is -2.32. The van der Waals surface area contributed by atoms with Gasteiger partial charge in [-0.2, -0.15) is 0 Å². The number of anilines is 1. The summed E-state index contributed by atoms with van der Waals surface area (Å²) in [4.78, 5) is 28.5. The van der Waals surface area contributed by atoms with Crippen molar-refractivity contribution in [3.8, 4) is 11.5 Å². The first-order chi connectivity index (χ1) is 19.5. The summed E-state index contributed by atoms with van der Waals surface area (Å²) in [6.45, 7) is 4.84. The Hall–Kier alpha value is -3.76. The summed E-state index contributed by atoms with van der Waals surface area (Å²) in [6.07, 6.45) is 0.708. The fourth-order valence-electron chi connectivity index (χ4n) is 4.09. The molecule has 41 heavy (non-hydrogen) atoms. The molecule has 2 amide bonds. The van der Waals surface area contributed by atoms with E-state index in [2.05, 4.69) is 5.32 Å². The summed E-state index contributed by atoms with van der Waals surface area (Å²) in [5.41, 5.74) is 0.809. The van der Waals surface area contributed by atoms with Gasteiger partial charge in [0.2, 0.25) is 11.8 Å². The van der Waals surface area contributed by atoms with Gasteiger partial charge < -0.3 is 19.7 Å². The zero-order valence-electron chi connectivity index (χ0n) is 23.8. The van der Waals surface area contributed by atoms with Gasteiger partial charge in [-0.1, -0.05) is 54.9 Å². The topological polar surface area (TPSA) is 105 Å². The smallest absolute Gasteiger partial charge is 0.264 e. The minimum atomic E-state index is -4.21. The fraction of sp³-hybridized carbons (Fsp3) is 0.333. The van der Waals surface area contributed by atoms with E-state index in [1.807, 2.05) is 13.8 Å². The van der Waals surface area contributed by atoms with Crippen molar-refractivity contribution >= 4 is 39.1 Å². The number of rotatable bonds is 13. The van der Waals surface area contributed by atoms with Gasteiger partial charge in [0.1, 0.15) is 12.6 Å². The van der Waals surface area contributed by atoms with E-state index in [1.165, 1.54) is 43.4 Å². The molecule has 0 bridgehead atoms. The molecular formula is C30H36ClN3O6S. The molecule has 2 atom stereocenters. The minimum Gasteiger partial charge on any atom is -0.493 e. The molecule has 3 rings (SSSR count). The van der Waals surface area contributed by atoms with Gasteiger partial charge in [0.05, 0.1) is 24.8 Å². The molecule has 0 spiro atoms. The Kier molecular flexibility index (Phi) is 11.0. The minimum absolute atomic E-state index is 0.00123. The number of halogens is 1. The van der Waals surface area contributed by atoms with Crippen molar-refractivity contribution in [1.29, 1.82) is 0 Å². The molecule has 0 radical (unpaired) electrons. The van der Waals surface area contributed by atoms with Gasteiger partial charge in [-0.25, -0.2) is 8.42 Å². The highest BCUT2D eigenvalue weighted by Gasteiger charge is 2.33. The zero-order valence-corrected chi connectivity index (χ0v) is 25.4. The van der Waals surface area contributed by atoms with E-state index in [1.54, 1.807) is 55.5 Å². The summed E-state index contributed by atoms with van der Waals surface area (Å²) in [7, 11) is -1.31. The second-order valence-corrected chi connectivity index (χ2v) is 11.7. The average Bonchev–Trinajstić information content (AvgIpc) is 2.98. The zero-order chi connectivity index (χ0) is 30.2. The van der Waals surface area contributed by atoms with Crippen LogP contribution in [0.1, 0.15) is 32.8 Å². The third kappa shape index (κ3) is 7.71. The predicted octanol–water partition coefficient (Wildman–Crippen LogP) is 4.88. The Morgan fingerprint density at radius 1 is 0.927 bits per heavy atom. The van der Waals surface area contributed by atoms with Crippen LogP contribution in [0.25, 0.3) is 0 Å². The van der Waals surface area contributed by atoms with Crippen LogP contribution in [-0.2, 0) is 26.2 Å². The molecule has 9 nitrogen and oxygen atoms in total. The summed E-state index contributed by atoms with van der Waals surface area (Å²) < 4.78 is 39.6. The Bertz CT molecular complexity index is 1450. The molecule has 11 heteroatoms. The van der Waals surface area contributed by atoms with Crippen LogP contribution >= 0.6 is 11.6 Å². The standard InChI is InChI=1S/C30H36ClN3O6S/c1-6-21(2)32-30(36)22(3)33(19-23-12-10-11-15-26(23)31)29(35)20-34(41(37,38)25-13-8-7-9-14-25)24-16-17-27(39-4)28(18-24)40-5/h7-18,21-22H,6,19-20H2,1-5H3,(H,32,36)/t21-,22-/m1/s1. The first-order valence-electron chi connectivity index (χ1n) is 13.2. The van der Waals surface area contributed by atoms with Crippen LogP contribution in [0.4, 0.5) is 5.69 Å². The lowest BCUT2D eigenvalue weighted by Crippen LogP contribution is -2.52. The van der Waals surface area contributed by atoms with Crippen molar-refractivity contribution in [1.82, 2.24) is 10.2 Å². The van der Waals surface area contributed by atoms with E-state index >= 15 is 0 Å². The van der Waals surface area contributed by atoms with Crippen molar-refractivity contribution in [2.24, 2.45) is 0 Å². The number of methoxy groups -OCH3 is 2.